The molecular weight excluding hydrogens is 136 g/mol. The van der Waals surface area contributed by atoms with E-state index in [-0.39, 0.29) is 0 Å². The Labute approximate surface area is 69.9 Å². The maximum absolute atomic E-state index is 3.24. The zero-order valence-corrected chi connectivity index (χ0v) is 8.36. The number of hydrazine groups is 1. The minimum atomic E-state index is 0.318. The molecule has 66 valence electrons. The molecule has 1 fully saturated rings. The van der Waals surface area contributed by atoms with E-state index in [1.165, 1.54) is 6.42 Å². The van der Waals surface area contributed by atoms with Gasteiger partial charge in [-0.25, -0.2) is 5.01 Å². The van der Waals surface area contributed by atoms with Crippen LogP contribution in [0.25, 0.3) is 0 Å². The lowest BCUT2D eigenvalue weighted by Crippen LogP contribution is -2.45. The van der Waals surface area contributed by atoms with Crippen molar-refractivity contribution in [2.45, 2.75) is 39.7 Å². The Bertz CT molecular complexity index is 150. The summed E-state index contributed by atoms with van der Waals surface area (Å²) >= 11 is 0. The van der Waals surface area contributed by atoms with Crippen LogP contribution < -0.4 is 5.43 Å². The van der Waals surface area contributed by atoms with Crippen molar-refractivity contribution < 1.29 is 0 Å². The van der Waals surface area contributed by atoms with E-state index in [0.717, 1.165) is 6.54 Å². The molecule has 0 aromatic rings. The third kappa shape index (κ3) is 1.74. The molecule has 1 heterocycles. The minimum absolute atomic E-state index is 0.318. The zero-order chi connectivity index (χ0) is 8.70. The fourth-order valence-corrected chi connectivity index (χ4v) is 2.35. The van der Waals surface area contributed by atoms with E-state index in [4.69, 9.17) is 0 Å². The molecule has 1 rings (SSSR count). The number of hydrogen-bond donors (Lipinski definition) is 1. The van der Waals surface area contributed by atoms with Crippen LogP contribution in [0.2, 0.25) is 0 Å². The third-order valence-electron chi connectivity index (χ3n) is 2.50. The van der Waals surface area contributed by atoms with Gasteiger partial charge in [0.05, 0.1) is 0 Å². The average molecular weight is 156 g/mol. The van der Waals surface area contributed by atoms with Crippen LogP contribution in [0.5, 0.6) is 0 Å². The first-order chi connectivity index (χ1) is 4.87. The van der Waals surface area contributed by atoms with Gasteiger partial charge in [0, 0.05) is 12.1 Å². The predicted molar refractivity (Wildman–Crippen MR) is 48.2 cm³/mol. The van der Waals surface area contributed by atoms with Crippen molar-refractivity contribution in [2.24, 2.45) is 5.41 Å². The molecule has 0 bridgehead atoms. The Kier molecular flexibility index (Phi) is 2.01. The van der Waals surface area contributed by atoms with Crippen molar-refractivity contribution in [3.8, 4) is 0 Å². The first-order valence-corrected chi connectivity index (χ1v) is 4.32. The lowest BCUT2D eigenvalue weighted by molar-refractivity contribution is 0.118. The molecule has 0 amide bonds. The van der Waals surface area contributed by atoms with Gasteiger partial charge in [0.1, 0.15) is 0 Å². The molecule has 0 radical (unpaired) electrons. The number of nitrogens with zero attached hydrogens (tertiary/aromatic N) is 1. The highest BCUT2D eigenvalue weighted by Gasteiger charge is 2.42. The molecule has 1 N–H and O–H groups in total. The summed E-state index contributed by atoms with van der Waals surface area (Å²) in [5.74, 6) is 0. The van der Waals surface area contributed by atoms with Crippen LogP contribution in [0, 0.1) is 5.41 Å². The first-order valence-electron chi connectivity index (χ1n) is 4.32. The normalized spacial score (nSPS) is 29.2. The molecule has 2 heteroatoms. The molecule has 0 aromatic heterocycles. The van der Waals surface area contributed by atoms with E-state index in [9.17, 15) is 0 Å². The number of hydrogen-bond acceptors (Lipinski definition) is 2. The standard InChI is InChI=1S/C9H20N2/c1-8(2)6-9(3,4)11(7-8)10-5/h10H,6-7H2,1-5H3. The maximum Gasteiger partial charge on any atom is 0.0303 e. The fraction of sp³-hybridized carbons (Fsp3) is 1.00. The minimum Gasteiger partial charge on any atom is -0.258 e. The van der Waals surface area contributed by atoms with Gasteiger partial charge in [0.25, 0.3) is 0 Å². The van der Waals surface area contributed by atoms with Gasteiger partial charge in [0.2, 0.25) is 0 Å². The average Bonchev–Trinajstić information content (AvgIpc) is 1.99. The predicted octanol–water partition coefficient (Wildman–Crippen LogP) is 1.63. The van der Waals surface area contributed by atoms with Crippen LogP contribution in [0.1, 0.15) is 34.1 Å². The van der Waals surface area contributed by atoms with Crippen LogP contribution in [-0.2, 0) is 0 Å². The lowest BCUT2D eigenvalue weighted by atomic mass is 9.86. The van der Waals surface area contributed by atoms with Crippen molar-refractivity contribution in [2.75, 3.05) is 13.6 Å². The van der Waals surface area contributed by atoms with E-state index in [0.29, 0.717) is 11.0 Å². The van der Waals surface area contributed by atoms with Gasteiger partial charge in [-0.15, -0.1) is 0 Å². The van der Waals surface area contributed by atoms with Crippen molar-refractivity contribution in [3.63, 3.8) is 0 Å². The molecule has 1 aliphatic heterocycles. The van der Waals surface area contributed by atoms with E-state index in [1.807, 2.05) is 7.05 Å². The molecular formula is C9H20N2. The second-order valence-corrected chi connectivity index (χ2v) is 4.96. The first kappa shape index (κ1) is 9.01. The Balaban J connectivity index is 2.71. The summed E-state index contributed by atoms with van der Waals surface area (Å²) in [6.07, 6.45) is 1.26. The largest absolute Gasteiger partial charge is 0.258 e. The second-order valence-electron chi connectivity index (χ2n) is 4.96. The Morgan fingerprint density at radius 3 is 1.91 bits per heavy atom. The van der Waals surface area contributed by atoms with Gasteiger partial charge in [-0.3, -0.25) is 5.43 Å². The molecule has 2 nitrogen and oxygen atoms in total. The molecule has 0 aromatic carbocycles. The van der Waals surface area contributed by atoms with Crippen molar-refractivity contribution >= 4 is 0 Å². The van der Waals surface area contributed by atoms with Gasteiger partial charge in [-0.1, -0.05) is 13.8 Å². The van der Waals surface area contributed by atoms with Crippen LogP contribution >= 0.6 is 0 Å². The number of nitrogens with one attached hydrogen (secondary N) is 1. The van der Waals surface area contributed by atoms with E-state index >= 15 is 0 Å². The van der Waals surface area contributed by atoms with Crippen molar-refractivity contribution in [1.82, 2.24) is 10.4 Å². The monoisotopic (exact) mass is 156 g/mol. The lowest BCUT2D eigenvalue weighted by Gasteiger charge is -2.30. The Morgan fingerprint density at radius 1 is 1.18 bits per heavy atom. The van der Waals surface area contributed by atoms with Crippen LogP contribution in [0.4, 0.5) is 0 Å². The van der Waals surface area contributed by atoms with Crippen LogP contribution in [-0.4, -0.2) is 24.1 Å². The second kappa shape index (κ2) is 2.46. The van der Waals surface area contributed by atoms with Crippen LogP contribution in [0.15, 0.2) is 0 Å². The van der Waals surface area contributed by atoms with Gasteiger partial charge >= 0.3 is 0 Å². The van der Waals surface area contributed by atoms with Gasteiger partial charge < -0.3 is 0 Å². The molecule has 1 aliphatic rings. The Hall–Kier alpha value is -0.0800. The SMILES string of the molecule is CNN1CC(C)(C)CC1(C)C. The smallest absolute Gasteiger partial charge is 0.0303 e. The summed E-state index contributed by atoms with van der Waals surface area (Å²) in [6, 6.07) is 0. The summed E-state index contributed by atoms with van der Waals surface area (Å²) in [7, 11) is 2.00. The summed E-state index contributed by atoms with van der Waals surface area (Å²) in [5.41, 5.74) is 4.03. The van der Waals surface area contributed by atoms with Crippen molar-refractivity contribution in [3.05, 3.63) is 0 Å². The van der Waals surface area contributed by atoms with Crippen molar-refractivity contribution in [1.29, 1.82) is 0 Å². The van der Waals surface area contributed by atoms with E-state index in [1.54, 1.807) is 0 Å². The Morgan fingerprint density at radius 2 is 1.73 bits per heavy atom. The van der Waals surface area contributed by atoms with E-state index < -0.39 is 0 Å². The van der Waals surface area contributed by atoms with Crippen LogP contribution in [0.3, 0.4) is 0 Å². The van der Waals surface area contributed by atoms with E-state index in [2.05, 4.69) is 38.1 Å². The molecule has 0 saturated carbocycles. The molecule has 0 spiro atoms. The summed E-state index contributed by atoms with van der Waals surface area (Å²) in [4.78, 5) is 0. The highest BCUT2D eigenvalue weighted by Crippen LogP contribution is 2.39. The maximum atomic E-state index is 3.24. The van der Waals surface area contributed by atoms with Gasteiger partial charge in [0.15, 0.2) is 0 Å². The molecule has 0 atom stereocenters. The molecule has 0 unspecified atom stereocenters. The highest BCUT2D eigenvalue weighted by atomic mass is 15.5. The zero-order valence-electron chi connectivity index (χ0n) is 8.36. The highest BCUT2D eigenvalue weighted by molar-refractivity contribution is 4.95. The number of rotatable bonds is 1. The van der Waals surface area contributed by atoms with Gasteiger partial charge in [-0.05, 0) is 32.7 Å². The van der Waals surface area contributed by atoms with Gasteiger partial charge in [-0.2, -0.15) is 0 Å². The summed E-state index contributed by atoms with van der Waals surface area (Å²) in [5, 5.41) is 2.33. The summed E-state index contributed by atoms with van der Waals surface area (Å²) in [6.45, 7) is 10.4. The topological polar surface area (TPSA) is 15.3 Å². The quantitative estimate of drug-likeness (QED) is 0.621. The molecule has 0 aliphatic carbocycles. The summed E-state index contributed by atoms with van der Waals surface area (Å²) < 4.78 is 0. The fourth-order valence-electron chi connectivity index (χ4n) is 2.35. The molecule has 11 heavy (non-hydrogen) atoms. The molecule has 1 saturated heterocycles. The third-order valence-corrected chi connectivity index (χ3v) is 2.50.